The van der Waals surface area contributed by atoms with Crippen molar-refractivity contribution in [3.8, 4) is 5.00 Å². The van der Waals surface area contributed by atoms with Gasteiger partial charge in [-0.05, 0) is 0 Å². The van der Waals surface area contributed by atoms with Gasteiger partial charge in [0.05, 0.1) is 29.8 Å². The molecule has 0 bridgehead atoms. The summed E-state index contributed by atoms with van der Waals surface area (Å²) in [6.45, 7) is 0. The van der Waals surface area contributed by atoms with Crippen molar-refractivity contribution in [1.82, 2.24) is 14.8 Å². The molecule has 2 N–H and O–H groups in total. The summed E-state index contributed by atoms with van der Waals surface area (Å²) in [6.07, 6.45) is 5.12. The minimum Gasteiger partial charge on any atom is -0.396 e. The van der Waals surface area contributed by atoms with Crippen LogP contribution in [0.1, 0.15) is 0 Å². The predicted molar refractivity (Wildman–Crippen MR) is 43.6 cm³/mol. The van der Waals surface area contributed by atoms with Crippen LogP contribution in [0.4, 0.5) is 5.69 Å². The maximum absolute atomic E-state index is 5.49. The first kappa shape index (κ1) is 6.36. The number of thiazole rings is 1. The zero-order chi connectivity index (χ0) is 7.68. The molecule has 0 atom stereocenters. The summed E-state index contributed by atoms with van der Waals surface area (Å²) in [5.41, 5.74) is 7.91. The molecule has 4 nitrogen and oxygen atoms in total. The van der Waals surface area contributed by atoms with Gasteiger partial charge in [0.25, 0.3) is 0 Å². The molecule has 5 heteroatoms. The van der Waals surface area contributed by atoms with Crippen molar-refractivity contribution in [2.45, 2.75) is 0 Å². The number of anilines is 1. The lowest BCUT2D eigenvalue weighted by Gasteiger charge is -1.90. The predicted octanol–water partition coefficient (Wildman–Crippen LogP) is 0.911. The van der Waals surface area contributed by atoms with E-state index < -0.39 is 0 Å². The Morgan fingerprint density at radius 2 is 2.36 bits per heavy atom. The summed E-state index contributed by atoms with van der Waals surface area (Å²) >= 11 is 1.52. The van der Waals surface area contributed by atoms with Crippen molar-refractivity contribution in [2.75, 3.05) is 5.73 Å². The molecule has 0 aliphatic heterocycles. The van der Waals surface area contributed by atoms with Crippen molar-refractivity contribution < 1.29 is 0 Å². The van der Waals surface area contributed by atoms with Crippen LogP contribution in [0, 0.1) is 0 Å². The molecule has 0 aliphatic carbocycles. The number of hydrogen-bond donors (Lipinski definition) is 1. The molecular formula is C6H6N4S. The fourth-order valence-electron chi connectivity index (χ4n) is 0.779. The van der Waals surface area contributed by atoms with E-state index in [4.69, 9.17) is 5.73 Å². The van der Waals surface area contributed by atoms with E-state index >= 15 is 0 Å². The summed E-state index contributed by atoms with van der Waals surface area (Å²) in [7, 11) is 0. The van der Waals surface area contributed by atoms with Crippen LogP contribution >= 0.6 is 11.3 Å². The molecule has 2 aromatic heterocycles. The maximum Gasteiger partial charge on any atom is 0.137 e. The van der Waals surface area contributed by atoms with Gasteiger partial charge in [0.15, 0.2) is 0 Å². The lowest BCUT2D eigenvalue weighted by molar-refractivity contribution is 0.894. The van der Waals surface area contributed by atoms with Crippen molar-refractivity contribution >= 4 is 17.0 Å². The van der Waals surface area contributed by atoms with E-state index in [9.17, 15) is 0 Å². The topological polar surface area (TPSA) is 56.7 Å². The summed E-state index contributed by atoms with van der Waals surface area (Å²) < 4.78 is 1.70. The van der Waals surface area contributed by atoms with Crippen molar-refractivity contribution in [1.29, 1.82) is 0 Å². The molecule has 11 heavy (non-hydrogen) atoms. The Hall–Kier alpha value is -1.36. The minimum absolute atomic E-state index is 0.665. The van der Waals surface area contributed by atoms with Crippen LogP contribution in [0.2, 0.25) is 0 Å². The van der Waals surface area contributed by atoms with Gasteiger partial charge in [-0.25, -0.2) is 4.68 Å². The number of aromatic nitrogens is 3. The molecule has 0 fully saturated rings. The number of nitrogen functional groups attached to an aromatic ring is 1. The van der Waals surface area contributed by atoms with Gasteiger partial charge in [0.1, 0.15) is 5.00 Å². The third kappa shape index (κ3) is 1.10. The smallest absolute Gasteiger partial charge is 0.137 e. The molecule has 2 rings (SSSR count). The Morgan fingerprint density at radius 1 is 1.45 bits per heavy atom. The lowest BCUT2D eigenvalue weighted by atomic mass is 10.6. The Bertz CT molecular complexity index is 337. The van der Waals surface area contributed by atoms with E-state index in [-0.39, 0.29) is 0 Å². The van der Waals surface area contributed by atoms with E-state index in [2.05, 4.69) is 10.1 Å². The molecule has 0 aromatic carbocycles. The fraction of sp³-hybridized carbons (Fsp3) is 0. The second kappa shape index (κ2) is 2.35. The highest BCUT2D eigenvalue weighted by atomic mass is 32.1. The number of nitrogens with two attached hydrogens (primary N) is 1. The summed E-state index contributed by atoms with van der Waals surface area (Å²) in [5, 5.41) is 4.99. The third-order valence-corrected chi connectivity index (χ3v) is 2.01. The maximum atomic E-state index is 5.49. The van der Waals surface area contributed by atoms with Crippen LogP contribution in [-0.4, -0.2) is 14.8 Å². The average Bonchev–Trinajstić information content (AvgIpc) is 2.55. The number of nitrogens with zero attached hydrogens (tertiary/aromatic N) is 3. The summed E-state index contributed by atoms with van der Waals surface area (Å²) in [6, 6.07) is 0. The quantitative estimate of drug-likeness (QED) is 0.685. The van der Waals surface area contributed by atoms with Gasteiger partial charge in [-0.3, -0.25) is 4.98 Å². The van der Waals surface area contributed by atoms with Gasteiger partial charge < -0.3 is 5.73 Å². The second-order valence-corrected chi connectivity index (χ2v) is 2.92. The van der Waals surface area contributed by atoms with E-state index in [1.54, 1.807) is 28.8 Å². The normalized spacial score (nSPS) is 10.2. The highest BCUT2D eigenvalue weighted by molar-refractivity contribution is 7.12. The molecule has 0 saturated carbocycles. The number of hydrogen-bond acceptors (Lipinski definition) is 4. The van der Waals surface area contributed by atoms with Crippen LogP contribution in [-0.2, 0) is 0 Å². The molecule has 2 aromatic rings. The summed E-state index contributed by atoms with van der Waals surface area (Å²) in [4.78, 5) is 3.92. The molecule has 0 saturated heterocycles. The number of rotatable bonds is 1. The SMILES string of the molecule is Nc1cnn(-c2cncs2)c1. The van der Waals surface area contributed by atoms with Gasteiger partial charge >= 0.3 is 0 Å². The zero-order valence-electron chi connectivity index (χ0n) is 5.64. The Labute approximate surface area is 67.3 Å². The molecule has 0 unspecified atom stereocenters. The monoisotopic (exact) mass is 166 g/mol. The Balaban J connectivity index is 2.45. The standard InChI is InChI=1S/C6H6N4S/c7-5-1-9-10(3-5)6-2-8-4-11-6/h1-4H,7H2. The zero-order valence-corrected chi connectivity index (χ0v) is 6.45. The largest absolute Gasteiger partial charge is 0.396 e. The van der Waals surface area contributed by atoms with Crippen molar-refractivity contribution in [3.05, 3.63) is 24.1 Å². The van der Waals surface area contributed by atoms with E-state index in [0.29, 0.717) is 5.69 Å². The van der Waals surface area contributed by atoms with Gasteiger partial charge in [0, 0.05) is 0 Å². The Morgan fingerprint density at radius 3 is 2.91 bits per heavy atom. The van der Waals surface area contributed by atoms with Crippen LogP contribution in [0.15, 0.2) is 24.1 Å². The molecule has 56 valence electrons. The first-order chi connectivity index (χ1) is 5.36. The molecule has 2 heterocycles. The van der Waals surface area contributed by atoms with E-state index in [1.165, 1.54) is 11.3 Å². The third-order valence-electron chi connectivity index (χ3n) is 1.25. The van der Waals surface area contributed by atoms with Crippen LogP contribution in [0.25, 0.3) is 5.00 Å². The summed E-state index contributed by atoms with van der Waals surface area (Å²) in [5.74, 6) is 0. The minimum atomic E-state index is 0.665. The van der Waals surface area contributed by atoms with Crippen molar-refractivity contribution in [2.24, 2.45) is 0 Å². The van der Waals surface area contributed by atoms with Crippen molar-refractivity contribution in [3.63, 3.8) is 0 Å². The molecule has 0 spiro atoms. The molecule has 0 amide bonds. The second-order valence-electron chi connectivity index (χ2n) is 2.06. The van der Waals surface area contributed by atoms with Gasteiger partial charge in [0.2, 0.25) is 0 Å². The molecular weight excluding hydrogens is 160 g/mol. The molecule has 0 radical (unpaired) electrons. The van der Waals surface area contributed by atoms with Gasteiger partial charge in [-0.1, -0.05) is 0 Å². The first-order valence-electron chi connectivity index (χ1n) is 3.05. The van der Waals surface area contributed by atoms with Crippen LogP contribution in [0.3, 0.4) is 0 Å². The van der Waals surface area contributed by atoms with Crippen LogP contribution in [0.5, 0.6) is 0 Å². The van der Waals surface area contributed by atoms with E-state index in [1.807, 2.05) is 0 Å². The lowest BCUT2D eigenvalue weighted by Crippen LogP contribution is -1.89. The fourth-order valence-corrected chi connectivity index (χ4v) is 1.34. The first-order valence-corrected chi connectivity index (χ1v) is 3.93. The average molecular weight is 166 g/mol. The Kier molecular flexibility index (Phi) is 1.36. The van der Waals surface area contributed by atoms with Gasteiger partial charge in [-0.15, -0.1) is 11.3 Å². The van der Waals surface area contributed by atoms with Crippen LogP contribution < -0.4 is 5.73 Å². The molecule has 0 aliphatic rings. The van der Waals surface area contributed by atoms with E-state index in [0.717, 1.165) is 5.00 Å². The highest BCUT2D eigenvalue weighted by Gasteiger charge is 1.97. The highest BCUT2D eigenvalue weighted by Crippen LogP contribution is 2.12. The van der Waals surface area contributed by atoms with Gasteiger partial charge in [-0.2, -0.15) is 5.10 Å².